The minimum Gasteiger partial charge on any atom is -0.330 e. The quantitative estimate of drug-likeness (QED) is 0.715. The van der Waals surface area contributed by atoms with Gasteiger partial charge in [0.1, 0.15) is 0 Å². The molecule has 0 aromatic heterocycles. The molecule has 0 aromatic rings. The summed E-state index contributed by atoms with van der Waals surface area (Å²) in [6.07, 6.45) is 0. The van der Waals surface area contributed by atoms with Crippen LogP contribution in [-0.2, 0) is 0 Å². The number of allylic oxidation sites excluding steroid dienone is 3. The molecule has 14 heavy (non-hydrogen) atoms. The molecule has 1 heteroatoms. The van der Waals surface area contributed by atoms with E-state index >= 15 is 0 Å². The van der Waals surface area contributed by atoms with Crippen LogP contribution in [0.2, 0.25) is 0 Å². The van der Waals surface area contributed by atoms with E-state index in [0.717, 1.165) is 6.54 Å². The number of hydrogen-bond donors (Lipinski definition) is 1. The molecule has 0 aliphatic heterocycles. The van der Waals surface area contributed by atoms with Crippen molar-refractivity contribution >= 4 is 0 Å². The normalized spacial score (nSPS) is 23.8. The molecule has 1 unspecified atom stereocenters. The molecule has 0 heterocycles. The molecule has 1 nitrogen and oxygen atoms in total. The Morgan fingerprint density at radius 2 is 1.64 bits per heavy atom. The Kier molecular flexibility index (Phi) is 2.91. The smallest absolute Gasteiger partial charge is 0.00120 e. The standard InChI is InChI=1S/C13H23N/c1-8-9(2)11(4)12(10(8)3)13(5,6)7-14/h10H,7,14H2,1-6H3. The van der Waals surface area contributed by atoms with E-state index in [9.17, 15) is 0 Å². The van der Waals surface area contributed by atoms with Crippen LogP contribution in [0.25, 0.3) is 0 Å². The largest absolute Gasteiger partial charge is 0.330 e. The molecular weight excluding hydrogens is 170 g/mol. The summed E-state index contributed by atoms with van der Waals surface area (Å²) in [6.45, 7) is 14.2. The molecule has 0 bridgehead atoms. The Labute approximate surface area is 88.1 Å². The second-order valence-corrected chi connectivity index (χ2v) is 5.16. The molecule has 0 radical (unpaired) electrons. The van der Waals surface area contributed by atoms with Crippen LogP contribution >= 0.6 is 0 Å². The van der Waals surface area contributed by atoms with E-state index in [1.54, 1.807) is 0 Å². The van der Waals surface area contributed by atoms with Gasteiger partial charge in [0.2, 0.25) is 0 Å². The first-order valence-electron chi connectivity index (χ1n) is 5.42. The summed E-state index contributed by atoms with van der Waals surface area (Å²) in [5.41, 5.74) is 12.0. The van der Waals surface area contributed by atoms with Crippen molar-refractivity contribution in [3.63, 3.8) is 0 Å². The van der Waals surface area contributed by atoms with Crippen LogP contribution in [0.5, 0.6) is 0 Å². The van der Waals surface area contributed by atoms with Gasteiger partial charge in [-0.15, -0.1) is 0 Å². The van der Waals surface area contributed by atoms with Crippen LogP contribution in [0.3, 0.4) is 0 Å². The zero-order chi connectivity index (χ0) is 11.1. The van der Waals surface area contributed by atoms with Crippen LogP contribution in [-0.4, -0.2) is 6.54 Å². The van der Waals surface area contributed by atoms with Crippen LogP contribution in [0.1, 0.15) is 41.5 Å². The highest BCUT2D eigenvalue weighted by Crippen LogP contribution is 2.44. The third kappa shape index (κ3) is 1.54. The molecule has 1 aliphatic rings. The molecule has 0 fully saturated rings. The third-order valence-corrected chi connectivity index (χ3v) is 3.88. The lowest BCUT2D eigenvalue weighted by Gasteiger charge is -2.30. The van der Waals surface area contributed by atoms with Crippen molar-refractivity contribution in [2.24, 2.45) is 17.1 Å². The van der Waals surface area contributed by atoms with Crippen molar-refractivity contribution in [2.75, 3.05) is 6.54 Å². The average molecular weight is 193 g/mol. The first kappa shape index (κ1) is 11.5. The lowest BCUT2D eigenvalue weighted by Crippen LogP contribution is -2.28. The van der Waals surface area contributed by atoms with Gasteiger partial charge < -0.3 is 5.73 Å². The molecule has 0 saturated heterocycles. The van der Waals surface area contributed by atoms with Crippen molar-refractivity contribution in [2.45, 2.75) is 41.5 Å². The van der Waals surface area contributed by atoms with E-state index in [0.29, 0.717) is 5.92 Å². The van der Waals surface area contributed by atoms with E-state index in [1.807, 2.05) is 0 Å². The maximum absolute atomic E-state index is 5.85. The van der Waals surface area contributed by atoms with Crippen LogP contribution in [0.4, 0.5) is 0 Å². The van der Waals surface area contributed by atoms with Crippen molar-refractivity contribution in [3.8, 4) is 0 Å². The molecule has 0 saturated carbocycles. The molecule has 1 aliphatic carbocycles. The SMILES string of the molecule is CC1=C(C)C(C)C(C(C)(C)CN)=C1C. The Hall–Kier alpha value is -0.560. The highest BCUT2D eigenvalue weighted by Gasteiger charge is 2.33. The van der Waals surface area contributed by atoms with E-state index in [1.165, 1.54) is 22.3 Å². The number of hydrogen-bond acceptors (Lipinski definition) is 1. The van der Waals surface area contributed by atoms with Crippen molar-refractivity contribution in [1.82, 2.24) is 0 Å². The summed E-state index contributed by atoms with van der Waals surface area (Å²) in [7, 11) is 0. The van der Waals surface area contributed by atoms with Gasteiger partial charge in [0.05, 0.1) is 0 Å². The predicted octanol–water partition coefficient (Wildman–Crippen LogP) is 3.27. The zero-order valence-corrected chi connectivity index (χ0v) is 10.4. The molecule has 0 spiro atoms. The maximum atomic E-state index is 5.85. The van der Waals surface area contributed by atoms with Gasteiger partial charge >= 0.3 is 0 Å². The lowest BCUT2D eigenvalue weighted by atomic mass is 9.76. The van der Waals surface area contributed by atoms with Gasteiger partial charge in [0.25, 0.3) is 0 Å². The first-order chi connectivity index (χ1) is 6.33. The van der Waals surface area contributed by atoms with Crippen molar-refractivity contribution in [1.29, 1.82) is 0 Å². The van der Waals surface area contributed by atoms with Gasteiger partial charge in [-0.25, -0.2) is 0 Å². The van der Waals surface area contributed by atoms with E-state index < -0.39 is 0 Å². The molecule has 0 aromatic carbocycles. The Bertz CT molecular complexity index is 305. The highest BCUT2D eigenvalue weighted by molar-refractivity contribution is 5.48. The highest BCUT2D eigenvalue weighted by atomic mass is 14.6. The van der Waals surface area contributed by atoms with Crippen molar-refractivity contribution in [3.05, 3.63) is 22.3 Å². The van der Waals surface area contributed by atoms with Gasteiger partial charge in [-0.1, -0.05) is 31.9 Å². The third-order valence-electron chi connectivity index (χ3n) is 3.88. The molecule has 1 rings (SSSR count). The summed E-state index contributed by atoms with van der Waals surface area (Å²) >= 11 is 0. The van der Waals surface area contributed by atoms with Gasteiger partial charge in [-0.3, -0.25) is 0 Å². The molecule has 2 N–H and O–H groups in total. The fraction of sp³-hybridized carbons (Fsp3) is 0.692. The summed E-state index contributed by atoms with van der Waals surface area (Å²) in [6, 6.07) is 0. The lowest BCUT2D eigenvalue weighted by molar-refractivity contribution is 0.422. The Morgan fingerprint density at radius 3 is 1.93 bits per heavy atom. The van der Waals surface area contributed by atoms with Gasteiger partial charge in [-0.05, 0) is 43.3 Å². The molecule has 1 atom stereocenters. The Morgan fingerprint density at radius 1 is 1.14 bits per heavy atom. The number of rotatable bonds is 2. The van der Waals surface area contributed by atoms with Crippen LogP contribution in [0, 0.1) is 11.3 Å². The summed E-state index contributed by atoms with van der Waals surface area (Å²) in [5, 5.41) is 0. The fourth-order valence-corrected chi connectivity index (χ4v) is 2.57. The average Bonchev–Trinajstić information content (AvgIpc) is 2.31. The van der Waals surface area contributed by atoms with Gasteiger partial charge in [0.15, 0.2) is 0 Å². The minimum atomic E-state index is 0.141. The topological polar surface area (TPSA) is 26.0 Å². The van der Waals surface area contributed by atoms with Gasteiger partial charge in [-0.2, -0.15) is 0 Å². The van der Waals surface area contributed by atoms with Crippen LogP contribution in [0.15, 0.2) is 22.3 Å². The molecule has 80 valence electrons. The summed E-state index contributed by atoms with van der Waals surface area (Å²) in [5.74, 6) is 0.577. The summed E-state index contributed by atoms with van der Waals surface area (Å²) in [4.78, 5) is 0. The van der Waals surface area contributed by atoms with E-state index in [2.05, 4.69) is 41.5 Å². The van der Waals surface area contributed by atoms with E-state index in [4.69, 9.17) is 5.73 Å². The van der Waals surface area contributed by atoms with Crippen LogP contribution < -0.4 is 5.73 Å². The van der Waals surface area contributed by atoms with Gasteiger partial charge in [0, 0.05) is 6.54 Å². The molecular formula is C13H23N. The Balaban J connectivity index is 3.17. The predicted molar refractivity (Wildman–Crippen MR) is 63.1 cm³/mol. The second kappa shape index (κ2) is 3.54. The monoisotopic (exact) mass is 193 g/mol. The summed E-state index contributed by atoms with van der Waals surface area (Å²) < 4.78 is 0. The first-order valence-corrected chi connectivity index (χ1v) is 5.42. The maximum Gasteiger partial charge on any atom is 0.00120 e. The van der Waals surface area contributed by atoms with E-state index in [-0.39, 0.29) is 5.41 Å². The minimum absolute atomic E-state index is 0.141. The van der Waals surface area contributed by atoms with Crippen molar-refractivity contribution < 1.29 is 0 Å². The number of nitrogens with two attached hydrogens (primary N) is 1. The second-order valence-electron chi connectivity index (χ2n) is 5.16. The molecule has 0 amide bonds. The fourth-order valence-electron chi connectivity index (χ4n) is 2.57. The zero-order valence-electron chi connectivity index (χ0n) is 10.4.